The highest BCUT2D eigenvalue weighted by Gasteiger charge is 2.30. The molecule has 0 spiro atoms. The summed E-state index contributed by atoms with van der Waals surface area (Å²) in [4.78, 5) is 22.1. The molecule has 0 saturated heterocycles. The summed E-state index contributed by atoms with van der Waals surface area (Å²) in [5, 5.41) is 16.8. The zero-order valence-corrected chi connectivity index (χ0v) is 13.6. The number of nitrogens with one attached hydrogen (secondary N) is 2. The number of nitro groups is 1. The lowest BCUT2D eigenvalue weighted by atomic mass is 9.86. The maximum Gasteiger partial charge on any atom is 0.407 e. The number of rotatable bonds is 6. The fourth-order valence-corrected chi connectivity index (χ4v) is 2.73. The molecule has 2 N–H and O–H groups in total. The van der Waals surface area contributed by atoms with Crippen LogP contribution in [0.25, 0.3) is 0 Å². The predicted octanol–water partition coefficient (Wildman–Crippen LogP) is 3.46. The van der Waals surface area contributed by atoms with Gasteiger partial charge in [-0.1, -0.05) is 36.4 Å². The van der Waals surface area contributed by atoms with Crippen LogP contribution in [0.3, 0.4) is 0 Å². The van der Waals surface area contributed by atoms with Gasteiger partial charge in [-0.25, -0.2) is 4.79 Å². The minimum Gasteiger partial charge on any atom is -0.445 e. The second kappa shape index (κ2) is 7.65. The lowest BCUT2D eigenvalue weighted by Crippen LogP contribution is -2.49. The lowest BCUT2D eigenvalue weighted by molar-refractivity contribution is -0.384. The summed E-state index contributed by atoms with van der Waals surface area (Å²) in [7, 11) is 0. The molecule has 0 aliphatic heterocycles. The van der Waals surface area contributed by atoms with Gasteiger partial charge < -0.3 is 15.4 Å². The summed E-state index contributed by atoms with van der Waals surface area (Å²) in [6.07, 6.45) is 1.08. The second-order valence-electron chi connectivity index (χ2n) is 6.02. The van der Waals surface area contributed by atoms with Crippen molar-refractivity contribution in [2.75, 3.05) is 5.32 Å². The van der Waals surface area contributed by atoms with E-state index in [4.69, 9.17) is 4.74 Å². The van der Waals surface area contributed by atoms with Gasteiger partial charge in [0.2, 0.25) is 0 Å². The number of hydrogen-bond acceptors (Lipinski definition) is 5. The highest BCUT2D eigenvalue weighted by atomic mass is 16.6. The number of anilines is 1. The number of non-ortho nitro benzene ring substituents is 1. The number of alkyl carbamates (subject to hydrolysis) is 1. The van der Waals surface area contributed by atoms with Crippen molar-refractivity contribution < 1.29 is 14.5 Å². The van der Waals surface area contributed by atoms with Gasteiger partial charge in [-0.3, -0.25) is 10.1 Å². The van der Waals surface area contributed by atoms with Crippen LogP contribution in [0.1, 0.15) is 18.4 Å². The molecule has 1 amide bonds. The summed E-state index contributed by atoms with van der Waals surface area (Å²) in [6.45, 7) is 0.245. The van der Waals surface area contributed by atoms with Crippen molar-refractivity contribution in [2.45, 2.75) is 31.5 Å². The molecular formula is C18H19N3O4. The van der Waals surface area contributed by atoms with Gasteiger partial charge in [-0.2, -0.15) is 0 Å². The first-order valence-electron chi connectivity index (χ1n) is 8.08. The van der Waals surface area contributed by atoms with Gasteiger partial charge in [0, 0.05) is 29.9 Å². The molecule has 1 saturated carbocycles. The van der Waals surface area contributed by atoms with Crippen LogP contribution in [0.5, 0.6) is 0 Å². The van der Waals surface area contributed by atoms with E-state index in [9.17, 15) is 14.9 Å². The summed E-state index contributed by atoms with van der Waals surface area (Å²) in [5.41, 5.74) is 1.71. The summed E-state index contributed by atoms with van der Waals surface area (Å²) in [5.74, 6) is 0. The SMILES string of the molecule is O=C(NC1CC(Nc2cccc([N+](=O)[O-])c2)C1)OCc1ccccc1. The zero-order valence-electron chi connectivity index (χ0n) is 13.6. The van der Waals surface area contributed by atoms with Gasteiger partial charge in [-0.05, 0) is 24.5 Å². The van der Waals surface area contributed by atoms with Crippen molar-refractivity contribution >= 4 is 17.5 Å². The van der Waals surface area contributed by atoms with Crippen LogP contribution in [0, 0.1) is 10.1 Å². The number of nitro benzene ring substituents is 1. The molecule has 0 bridgehead atoms. The van der Waals surface area contributed by atoms with Crippen molar-refractivity contribution in [1.82, 2.24) is 5.32 Å². The number of hydrogen-bond donors (Lipinski definition) is 2. The van der Waals surface area contributed by atoms with Gasteiger partial charge in [0.1, 0.15) is 6.61 Å². The van der Waals surface area contributed by atoms with E-state index < -0.39 is 11.0 Å². The molecule has 2 aromatic rings. The maximum absolute atomic E-state index is 11.8. The van der Waals surface area contributed by atoms with Crippen LogP contribution >= 0.6 is 0 Å². The Morgan fingerprint density at radius 1 is 1.12 bits per heavy atom. The first-order valence-corrected chi connectivity index (χ1v) is 8.08. The van der Waals surface area contributed by atoms with Crippen LogP contribution < -0.4 is 10.6 Å². The molecule has 0 atom stereocenters. The van der Waals surface area contributed by atoms with Crippen LogP contribution in [-0.2, 0) is 11.3 Å². The van der Waals surface area contributed by atoms with Gasteiger partial charge in [0.15, 0.2) is 0 Å². The molecule has 7 nitrogen and oxygen atoms in total. The molecular weight excluding hydrogens is 322 g/mol. The fraction of sp³-hybridized carbons (Fsp3) is 0.278. The Kier molecular flexibility index (Phi) is 5.13. The number of carbonyl (C=O) groups is 1. The molecule has 1 fully saturated rings. The molecule has 3 rings (SSSR count). The van der Waals surface area contributed by atoms with Crippen LogP contribution in [0.15, 0.2) is 54.6 Å². The Morgan fingerprint density at radius 3 is 2.60 bits per heavy atom. The average Bonchev–Trinajstić information content (AvgIpc) is 2.59. The molecule has 1 aliphatic carbocycles. The molecule has 25 heavy (non-hydrogen) atoms. The first kappa shape index (κ1) is 16.8. The Balaban J connectivity index is 1.38. The average molecular weight is 341 g/mol. The van der Waals surface area contributed by atoms with E-state index in [1.165, 1.54) is 12.1 Å². The Labute approximate surface area is 145 Å². The third kappa shape index (κ3) is 4.69. The third-order valence-electron chi connectivity index (χ3n) is 4.10. The number of carbonyl (C=O) groups excluding carboxylic acids is 1. The predicted molar refractivity (Wildman–Crippen MR) is 93.3 cm³/mol. The van der Waals surface area contributed by atoms with Gasteiger partial charge in [0.25, 0.3) is 5.69 Å². The van der Waals surface area contributed by atoms with Crippen LogP contribution in [0.2, 0.25) is 0 Å². The van der Waals surface area contributed by atoms with E-state index in [1.807, 2.05) is 30.3 Å². The standard InChI is InChI=1S/C18H19N3O4/c22-18(25-12-13-5-2-1-3-6-13)20-16-9-15(10-16)19-14-7-4-8-17(11-14)21(23)24/h1-8,11,15-16,19H,9-10,12H2,(H,20,22). The van der Waals surface area contributed by atoms with Gasteiger partial charge >= 0.3 is 6.09 Å². The van der Waals surface area contributed by atoms with Crippen LogP contribution in [0.4, 0.5) is 16.2 Å². The maximum atomic E-state index is 11.8. The highest BCUT2D eigenvalue weighted by molar-refractivity contribution is 5.68. The fourth-order valence-electron chi connectivity index (χ4n) is 2.73. The number of ether oxygens (including phenoxy) is 1. The number of amides is 1. The molecule has 0 heterocycles. The van der Waals surface area contributed by atoms with Crippen molar-refractivity contribution in [3.8, 4) is 0 Å². The second-order valence-corrected chi connectivity index (χ2v) is 6.02. The van der Waals surface area contributed by atoms with Crippen molar-refractivity contribution in [3.63, 3.8) is 0 Å². The minimum atomic E-state index is -0.428. The van der Waals surface area contributed by atoms with Crippen molar-refractivity contribution in [3.05, 3.63) is 70.3 Å². The first-order chi connectivity index (χ1) is 12.1. The van der Waals surface area contributed by atoms with E-state index in [2.05, 4.69) is 10.6 Å². The number of benzene rings is 2. The van der Waals surface area contributed by atoms with Crippen LogP contribution in [-0.4, -0.2) is 23.1 Å². The van der Waals surface area contributed by atoms with E-state index in [1.54, 1.807) is 12.1 Å². The largest absolute Gasteiger partial charge is 0.445 e. The summed E-state index contributed by atoms with van der Waals surface area (Å²) < 4.78 is 5.18. The van der Waals surface area contributed by atoms with E-state index in [0.29, 0.717) is 5.69 Å². The Hall–Kier alpha value is -3.09. The topological polar surface area (TPSA) is 93.5 Å². The quantitative estimate of drug-likeness (QED) is 0.620. The van der Waals surface area contributed by atoms with Gasteiger partial charge in [0.05, 0.1) is 4.92 Å². The smallest absolute Gasteiger partial charge is 0.407 e. The minimum absolute atomic E-state index is 0.0551. The summed E-state index contributed by atoms with van der Waals surface area (Å²) >= 11 is 0. The molecule has 0 aromatic heterocycles. The Bertz CT molecular complexity index is 745. The zero-order chi connectivity index (χ0) is 17.6. The van der Waals surface area contributed by atoms with Crippen molar-refractivity contribution in [2.24, 2.45) is 0 Å². The molecule has 2 aromatic carbocycles. The lowest BCUT2D eigenvalue weighted by Gasteiger charge is -2.36. The van der Waals surface area contributed by atoms with E-state index >= 15 is 0 Å². The molecule has 0 radical (unpaired) electrons. The van der Waals surface area contributed by atoms with Gasteiger partial charge in [-0.15, -0.1) is 0 Å². The normalized spacial score (nSPS) is 18.7. The molecule has 130 valence electrons. The van der Waals surface area contributed by atoms with E-state index in [-0.39, 0.29) is 24.4 Å². The van der Waals surface area contributed by atoms with Crippen molar-refractivity contribution in [1.29, 1.82) is 0 Å². The molecule has 0 unspecified atom stereocenters. The molecule has 7 heteroatoms. The highest BCUT2D eigenvalue weighted by Crippen LogP contribution is 2.26. The van der Waals surface area contributed by atoms with E-state index in [0.717, 1.165) is 18.4 Å². The number of nitrogens with zero attached hydrogens (tertiary/aromatic N) is 1. The Morgan fingerprint density at radius 2 is 1.88 bits per heavy atom. The third-order valence-corrected chi connectivity index (χ3v) is 4.10. The monoisotopic (exact) mass is 341 g/mol. The molecule has 1 aliphatic rings. The summed E-state index contributed by atoms with van der Waals surface area (Å²) in [6, 6.07) is 16.1.